The number of halogens is 2. The van der Waals surface area contributed by atoms with Crippen LogP contribution in [0.1, 0.15) is 29.5 Å². The lowest BCUT2D eigenvalue weighted by atomic mass is 9.93. The summed E-state index contributed by atoms with van der Waals surface area (Å²) in [5, 5.41) is 1.21. The maximum absolute atomic E-state index is 13.9. The SMILES string of the molecule is CC(c1ccccn1)C(Cl)c1ccc(F)c2ccccc12. The van der Waals surface area contributed by atoms with Gasteiger partial charge in [-0.15, -0.1) is 11.6 Å². The predicted molar refractivity (Wildman–Crippen MR) is 85.2 cm³/mol. The molecule has 1 heterocycles. The second-order valence-corrected chi connectivity index (χ2v) is 5.60. The number of hydrogen-bond donors (Lipinski definition) is 0. The molecule has 0 bridgehead atoms. The van der Waals surface area contributed by atoms with Crippen molar-refractivity contribution in [2.45, 2.75) is 18.2 Å². The van der Waals surface area contributed by atoms with Crippen LogP contribution in [-0.2, 0) is 0 Å². The van der Waals surface area contributed by atoms with Gasteiger partial charge in [0.2, 0.25) is 0 Å². The van der Waals surface area contributed by atoms with Gasteiger partial charge in [0.15, 0.2) is 0 Å². The molecule has 1 aromatic heterocycles. The Kier molecular flexibility index (Phi) is 3.89. The molecule has 106 valence electrons. The van der Waals surface area contributed by atoms with Crippen molar-refractivity contribution in [1.82, 2.24) is 4.98 Å². The molecule has 0 aliphatic carbocycles. The molecule has 3 aromatic rings. The van der Waals surface area contributed by atoms with E-state index in [4.69, 9.17) is 11.6 Å². The van der Waals surface area contributed by atoms with E-state index in [1.807, 2.05) is 43.3 Å². The van der Waals surface area contributed by atoms with Gasteiger partial charge in [0.25, 0.3) is 0 Å². The Labute approximate surface area is 128 Å². The van der Waals surface area contributed by atoms with Crippen molar-refractivity contribution in [2.75, 3.05) is 0 Å². The summed E-state index contributed by atoms with van der Waals surface area (Å²) in [7, 11) is 0. The highest BCUT2D eigenvalue weighted by Crippen LogP contribution is 2.38. The Morgan fingerprint density at radius 2 is 1.67 bits per heavy atom. The van der Waals surface area contributed by atoms with Crippen LogP contribution in [0.4, 0.5) is 4.39 Å². The van der Waals surface area contributed by atoms with Gasteiger partial charge >= 0.3 is 0 Å². The zero-order chi connectivity index (χ0) is 14.8. The first kappa shape index (κ1) is 14.0. The number of benzene rings is 2. The first-order valence-corrected chi connectivity index (χ1v) is 7.34. The number of alkyl halides is 1. The van der Waals surface area contributed by atoms with E-state index in [2.05, 4.69) is 4.98 Å². The van der Waals surface area contributed by atoms with Gasteiger partial charge in [0, 0.05) is 23.2 Å². The van der Waals surface area contributed by atoms with Crippen molar-refractivity contribution in [3.63, 3.8) is 0 Å². The largest absolute Gasteiger partial charge is 0.261 e. The lowest BCUT2D eigenvalue weighted by molar-refractivity contribution is 0.638. The fraction of sp³-hybridized carbons (Fsp3) is 0.167. The summed E-state index contributed by atoms with van der Waals surface area (Å²) in [5.74, 6) is -0.176. The second-order valence-electron chi connectivity index (χ2n) is 5.13. The van der Waals surface area contributed by atoms with Gasteiger partial charge in [-0.25, -0.2) is 4.39 Å². The van der Waals surface area contributed by atoms with Crippen LogP contribution in [0.15, 0.2) is 60.8 Å². The van der Waals surface area contributed by atoms with Crippen molar-refractivity contribution < 1.29 is 4.39 Å². The first-order valence-electron chi connectivity index (χ1n) is 6.90. The van der Waals surface area contributed by atoms with Crippen molar-refractivity contribution in [3.05, 3.63) is 77.9 Å². The second kappa shape index (κ2) is 5.82. The van der Waals surface area contributed by atoms with E-state index in [0.717, 1.165) is 16.6 Å². The number of nitrogens with zero attached hydrogens (tertiary/aromatic N) is 1. The van der Waals surface area contributed by atoms with E-state index in [0.29, 0.717) is 5.39 Å². The first-order chi connectivity index (χ1) is 10.2. The average molecular weight is 300 g/mol. The van der Waals surface area contributed by atoms with Crippen LogP contribution in [0, 0.1) is 5.82 Å². The third-order valence-electron chi connectivity index (χ3n) is 3.79. The van der Waals surface area contributed by atoms with E-state index in [9.17, 15) is 4.39 Å². The lowest BCUT2D eigenvalue weighted by Crippen LogP contribution is -2.05. The Balaban J connectivity index is 2.06. The molecule has 21 heavy (non-hydrogen) atoms. The molecular formula is C18H15ClFN. The Hall–Kier alpha value is -1.93. The molecule has 1 nitrogen and oxygen atoms in total. The van der Waals surface area contributed by atoms with E-state index >= 15 is 0 Å². The van der Waals surface area contributed by atoms with Crippen molar-refractivity contribution in [3.8, 4) is 0 Å². The molecule has 3 rings (SSSR count). The average Bonchev–Trinajstić information content (AvgIpc) is 2.55. The van der Waals surface area contributed by atoms with Crippen molar-refractivity contribution in [2.24, 2.45) is 0 Å². The summed E-state index contributed by atoms with van der Waals surface area (Å²) in [6, 6.07) is 16.5. The molecule has 3 heteroatoms. The van der Waals surface area contributed by atoms with Gasteiger partial charge in [-0.05, 0) is 29.1 Å². The quantitative estimate of drug-likeness (QED) is 0.585. The van der Waals surface area contributed by atoms with Crippen LogP contribution in [0.25, 0.3) is 10.8 Å². The third-order valence-corrected chi connectivity index (χ3v) is 4.41. The maximum Gasteiger partial charge on any atom is 0.131 e. The Bertz CT molecular complexity index is 758. The minimum Gasteiger partial charge on any atom is -0.261 e. The van der Waals surface area contributed by atoms with Crippen LogP contribution < -0.4 is 0 Å². The minimum absolute atomic E-state index is 0.0433. The summed E-state index contributed by atoms with van der Waals surface area (Å²) in [6.07, 6.45) is 1.76. The van der Waals surface area contributed by atoms with Crippen molar-refractivity contribution >= 4 is 22.4 Å². The smallest absolute Gasteiger partial charge is 0.131 e. The van der Waals surface area contributed by atoms with Gasteiger partial charge in [0.05, 0.1) is 5.38 Å². The molecule has 0 amide bonds. The molecular weight excluding hydrogens is 285 g/mol. The standard InChI is InChI=1S/C18H15ClFN/c1-12(17-8-4-5-11-21-17)18(19)15-9-10-16(20)14-7-3-2-6-13(14)15/h2-12,18H,1H3. The topological polar surface area (TPSA) is 12.9 Å². The lowest BCUT2D eigenvalue weighted by Gasteiger charge is -2.19. The maximum atomic E-state index is 13.9. The predicted octanol–water partition coefficient (Wildman–Crippen LogP) is 5.46. The number of pyridine rings is 1. The fourth-order valence-corrected chi connectivity index (χ4v) is 2.91. The van der Waals surface area contributed by atoms with E-state index in [1.165, 1.54) is 6.07 Å². The molecule has 2 aromatic carbocycles. The molecule has 0 fully saturated rings. The molecule has 0 aliphatic heterocycles. The molecule has 2 atom stereocenters. The summed E-state index contributed by atoms with van der Waals surface area (Å²) >= 11 is 6.66. The fourth-order valence-electron chi connectivity index (χ4n) is 2.59. The summed E-state index contributed by atoms with van der Waals surface area (Å²) in [4.78, 5) is 4.36. The van der Waals surface area contributed by atoms with E-state index in [-0.39, 0.29) is 17.1 Å². The monoisotopic (exact) mass is 299 g/mol. The molecule has 2 unspecified atom stereocenters. The molecule has 0 radical (unpaired) electrons. The van der Waals surface area contributed by atoms with Gasteiger partial charge in [0.1, 0.15) is 5.82 Å². The zero-order valence-electron chi connectivity index (χ0n) is 11.6. The van der Waals surface area contributed by atoms with Crippen LogP contribution in [0.2, 0.25) is 0 Å². The van der Waals surface area contributed by atoms with Gasteiger partial charge in [-0.2, -0.15) is 0 Å². The van der Waals surface area contributed by atoms with Gasteiger partial charge in [-0.3, -0.25) is 4.98 Å². The highest BCUT2D eigenvalue weighted by Gasteiger charge is 2.21. The highest BCUT2D eigenvalue weighted by molar-refractivity contribution is 6.22. The highest BCUT2D eigenvalue weighted by atomic mass is 35.5. The van der Waals surface area contributed by atoms with Crippen LogP contribution in [-0.4, -0.2) is 4.98 Å². The zero-order valence-corrected chi connectivity index (χ0v) is 12.4. The van der Waals surface area contributed by atoms with E-state index in [1.54, 1.807) is 18.3 Å². The van der Waals surface area contributed by atoms with Crippen molar-refractivity contribution in [1.29, 1.82) is 0 Å². The Morgan fingerprint density at radius 1 is 0.952 bits per heavy atom. The van der Waals surface area contributed by atoms with Gasteiger partial charge in [-0.1, -0.05) is 43.3 Å². The summed E-state index contributed by atoms with van der Waals surface area (Å²) in [5.41, 5.74) is 1.87. The molecule has 0 spiro atoms. The van der Waals surface area contributed by atoms with Crippen LogP contribution >= 0.6 is 11.6 Å². The number of rotatable bonds is 3. The number of fused-ring (bicyclic) bond motifs is 1. The molecule has 0 aliphatic rings. The number of aromatic nitrogens is 1. The van der Waals surface area contributed by atoms with Crippen LogP contribution in [0.5, 0.6) is 0 Å². The third kappa shape index (κ3) is 2.64. The summed E-state index contributed by atoms with van der Waals surface area (Å²) in [6.45, 7) is 2.04. The van der Waals surface area contributed by atoms with Gasteiger partial charge < -0.3 is 0 Å². The summed E-state index contributed by atoms with van der Waals surface area (Å²) < 4.78 is 13.9. The molecule has 0 saturated carbocycles. The Morgan fingerprint density at radius 3 is 2.38 bits per heavy atom. The minimum atomic E-state index is -0.259. The van der Waals surface area contributed by atoms with E-state index < -0.39 is 0 Å². The van der Waals surface area contributed by atoms with Crippen LogP contribution in [0.3, 0.4) is 0 Å². The normalized spacial score (nSPS) is 14.0. The molecule has 0 N–H and O–H groups in total. The molecule has 0 saturated heterocycles. The number of hydrogen-bond acceptors (Lipinski definition) is 1.